The Balaban J connectivity index is 3.74. The van der Waals surface area contributed by atoms with Crippen LogP contribution >= 0.6 is 0 Å². The lowest BCUT2D eigenvalue weighted by atomic mass is 10.1. The summed E-state index contributed by atoms with van der Waals surface area (Å²) in [7, 11) is 0. The first kappa shape index (κ1) is 29.0. The molecule has 0 N–H and O–H groups in total. The van der Waals surface area contributed by atoms with Crippen LogP contribution < -0.4 is 0 Å². The molecular weight excluding hydrogens is 350 g/mol. The average Bonchev–Trinajstić information content (AvgIpc) is 2.73. The molecule has 0 aromatic rings. The summed E-state index contributed by atoms with van der Waals surface area (Å²) in [6.07, 6.45) is 31.7. The quantitative estimate of drug-likeness (QED) is 0.136. The zero-order chi connectivity index (χ0) is 21.3. The highest BCUT2D eigenvalue weighted by molar-refractivity contribution is 4.60. The summed E-state index contributed by atoms with van der Waals surface area (Å²) in [5.74, 6) is 0. The molecule has 1 heteroatoms. The molecule has 0 rings (SSSR count). The van der Waals surface area contributed by atoms with Crippen LogP contribution in [-0.4, -0.2) is 24.5 Å². The Morgan fingerprint density at radius 3 is 0.724 bits per heavy atom. The highest BCUT2D eigenvalue weighted by atomic mass is 15.1. The summed E-state index contributed by atoms with van der Waals surface area (Å²) in [6.45, 7) is 11.0. The SMILES string of the molecule is CCCCCCCCCCCCN(CCCCCCCC)CCCCCCCC. The third-order valence-corrected chi connectivity index (χ3v) is 6.48. The zero-order valence-electron chi connectivity index (χ0n) is 21.1. The van der Waals surface area contributed by atoms with E-state index < -0.39 is 0 Å². The number of nitrogens with zero attached hydrogens (tertiary/aromatic N) is 1. The molecule has 0 atom stereocenters. The molecule has 0 aromatic heterocycles. The lowest BCUT2D eigenvalue weighted by Crippen LogP contribution is -2.27. The summed E-state index contributed by atoms with van der Waals surface area (Å²) in [5, 5.41) is 0. The summed E-state index contributed by atoms with van der Waals surface area (Å²) in [5.41, 5.74) is 0. The third-order valence-electron chi connectivity index (χ3n) is 6.48. The van der Waals surface area contributed by atoms with Crippen molar-refractivity contribution in [1.29, 1.82) is 0 Å². The normalized spacial score (nSPS) is 11.6. The fourth-order valence-electron chi connectivity index (χ4n) is 4.39. The van der Waals surface area contributed by atoms with Gasteiger partial charge in [0.2, 0.25) is 0 Å². The molecule has 0 saturated carbocycles. The standard InChI is InChI=1S/C28H59N/c1-4-7-10-13-16-17-18-19-22-25-28-29(26-23-20-14-11-8-5-2)27-24-21-15-12-9-6-3/h4-28H2,1-3H3. The van der Waals surface area contributed by atoms with Crippen molar-refractivity contribution in [2.24, 2.45) is 0 Å². The molecule has 0 fully saturated rings. The second kappa shape index (κ2) is 26.0. The van der Waals surface area contributed by atoms with E-state index in [1.807, 2.05) is 0 Å². The van der Waals surface area contributed by atoms with Crippen LogP contribution in [0.15, 0.2) is 0 Å². The number of hydrogen-bond acceptors (Lipinski definition) is 1. The number of rotatable bonds is 25. The molecule has 0 amide bonds. The van der Waals surface area contributed by atoms with Crippen LogP contribution in [0.3, 0.4) is 0 Å². The molecule has 1 nitrogen and oxygen atoms in total. The largest absolute Gasteiger partial charge is 0.303 e. The van der Waals surface area contributed by atoms with Crippen LogP contribution in [0.25, 0.3) is 0 Å². The minimum Gasteiger partial charge on any atom is -0.303 e. The predicted octanol–water partition coefficient (Wildman–Crippen LogP) is 9.93. The van der Waals surface area contributed by atoms with Gasteiger partial charge in [-0.1, -0.05) is 143 Å². The van der Waals surface area contributed by atoms with Gasteiger partial charge in [0.15, 0.2) is 0 Å². The highest BCUT2D eigenvalue weighted by Gasteiger charge is 2.05. The lowest BCUT2D eigenvalue weighted by molar-refractivity contribution is 0.254. The summed E-state index contributed by atoms with van der Waals surface area (Å²) >= 11 is 0. The smallest absolute Gasteiger partial charge is 0.00187 e. The average molecular weight is 410 g/mol. The molecule has 176 valence electrons. The number of unbranched alkanes of at least 4 members (excludes halogenated alkanes) is 19. The second-order valence-corrected chi connectivity index (χ2v) is 9.56. The highest BCUT2D eigenvalue weighted by Crippen LogP contribution is 2.13. The van der Waals surface area contributed by atoms with Crippen molar-refractivity contribution in [2.45, 2.75) is 162 Å². The predicted molar refractivity (Wildman–Crippen MR) is 135 cm³/mol. The molecule has 0 saturated heterocycles. The van der Waals surface area contributed by atoms with Crippen molar-refractivity contribution >= 4 is 0 Å². The van der Waals surface area contributed by atoms with Gasteiger partial charge in [-0.25, -0.2) is 0 Å². The van der Waals surface area contributed by atoms with Gasteiger partial charge in [-0.15, -0.1) is 0 Å². The van der Waals surface area contributed by atoms with E-state index in [2.05, 4.69) is 25.7 Å². The van der Waals surface area contributed by atoms with Crippen LogP contribution in [0.1, 0.15) is 162 Å². The zero-order valence-corrected chi connectivity index (χ0v) is 21.1. The van der Waals surface area contributed by atoms with E-state index >= 15 is 0 Å². The van der Waals surface area contributed by atoms with E-state index in [-0.39, 0.29) is 0 Å². The van der Waals surface area contributed by atoms with Crippen LogP contribution in [0.2, 0.25) is 0 Å². The van der Waals surface area contributed by atoms with Gasteiger partial charge in [-0.3, -0.25) is 0 Å². The van der Waals surface area contributed by atoms with Gasteiger partial charge >= 0.3 is 0 Å². The Morgan fingerprint density at radius 1 is 0.276 bits per heavy atom. The van der Waals surface area contributed by atoms with Crippen LogP contribution in [-0.2, 0) is 0 Å². The molecule has 0 radical (unpaired) electrons. The summed E-state index contributed by atoms with van der Waals surface area (Å²) < 4.78 is 0. The first-order chi connectivity index (χ1) is 14.3. The molecular formula is C28H59N. The van der Waals surface area contributed by atoms with Crippen molar-refractivity contribution in [1.82, 2.24) is 4.90 Å². The van der Waals surface area contributed by atoms with Crippen molar-refractivity contribution < 1.29 is 0 Å². The van der Waals surface area contributed by atoms with Crippen LogP contribution in [0, 0.1) is 0 Å². The first-order valence-corrected chi connectivity index (χ1v) is 14.1. The van der Waals surface area contributed by atoms with Gasteiger partial charge in [-0.05, 0) is 38.9 Å². The summed E-state index contributed by atoms with van der Waals surface area (Å²) in [4.78, 5) is 2.81. The van der Waals surface area contributed by atoms with Crippen LogP contribution in [0.4, 0.5) is 0 Å². The fourth-order valence-corrected chi connectivity index (χ4v) is 4.39. The molecule has 0 spiro atoms. The number of hydrogen-bond donors (Lipinski definition) is 0. The van der Waals surface area contributed by atoms with Crippen molar-refractivity contribution in [3.63, 3.8) is 0 Å². The van der Waals surface area contributed by atoms with Crippen molar-refractivity contribution in [3.05, 3.63) is 0 Å². The Bertz CT molecular complexity index is 259. The van der Waals surface area contributed by atoms with Gasteiger partial charge in [0.25, 0.3) is 0 Å². The molecule has 0 bridgehead atoms. The van der Waals surface area contributed by atoms with E-state index in [0.29, 0.717) is 0 Å². The second-order valence-electron chi connectivity index (χ2n) is 9.56. The molecule has 0 heterocycles. The van der Waals surface area contributed by atoms with Crippen LogP contribution in [0.5, 0.6) is 0 Å². The molecule has 0 unspecified atom stereocenters. The first-order valence-electron chi connectivity index (χ1n) is 14.1. The monoisotopic (exact) mass is 409 g/mol. The van der Waals surface area contributed by atoms with Gasteiger partial charge in [0.05, 0.1) is 0 Å². The van der Waals surface area contributed by atoms with Gasteiger partial charge in [-0.2, -0.15) is 0 Å². The lowest BCUT2D eigenvalue weighted by Gasteiger charge is -2.22. The van der Waals surface area contributed by atoms with E-state index in [1.165, 1.54) is 161 Å². The van der Waals surface area contributed by atoms with E-state index in [0.717, 1.165) is 0 Å². The minimum absolute atomic E-state index is 1.36. The Morgan fingerprint density at radius 2 is 0.483 bits per heavy atom. The maximum Gasteiger partial charge on any atom is -0.00187 e. The maximum absolute atomic E-state index is 2.81. The fraction of sp³-hybridized carbons (Fsp3) is 1.00. The molecule has 0 aliphatic rings. The third kappa shape index (κ3) is 24.1. The van der Waals surface area contributed by atoms with E-state index in [9.17, 15) is 0 Å². The maximum atomic E-state index is 2.81. The van der Waals surface area contributed by atoms with Crippen molar-refractivity contribution in [3.8, 4) is 0 Å². The molecule has 29 heavy (non-hydrogen) atoms. The van der Waals surface area contributed by atoms with E-state index in [1.54, 1.807) is 0 Å². The topological polar surface area (TPSA) is 3.24 Å². The molecule has 0 aromatic carbocycles. The summed E-state index contributed by atoms with van der Waals surface area (Å²) in [6, 6.07) is 0. The molecule has 0 aliphatic carbocycles. The Labute approximate surface area is 186 Å². The Kier molecular flexibility index (Phi) is 26.0. The minimum atomic E-state index is 1.36. The molecule has 0 aliphatic heterocycles. The van der Waals surface area contributed by atoms with Gasteiger partial charge in [0.1, 0.15) is 0 Å². The van der Waals surface area contributed by atoms with Gasteiger partial charge < -0.3 is 4.90 Å². The van der Waals surface area contributed by atoms with E-state index in [4.69, 9.17) is 0 Å². The van der Waals surface area contributed by atoms with Crippen molar-refractivity contribution in [2.75, 3.05) is 19.6 Å². The van der Waals surface area contributed by atoms with Gasteiger partial charge in [0, 0.05) is 0 Å². The Hall–Kier alpha value is -0.0400.